The number of phenolic OH excluding ortho intramolecular Hbond substituents is 2. The van der Waals surface area contributed by atoms with E-state index < -0.39 is 0 Å². The maximum absolute atomic E-state index is 12.9. The summed E-state index contributed by atoms with van der Waals surface area (Å²) in [6, 6.07) is 16.1. The number of nitrogens with zero attached hydrogens (tertiary/aromatic N) is 3. The van der Waals surface area contributed by atoms with E-state index in [1.165, 1.54) is 18.5 Å². The highest BCUT2D eigenvalue weighted by atomic mass is 79.9. The third kappa shape index (κ3) is 5.47. The Labute approximate surface area is 224 Å². The van der Waals surface area contributed by atoms with E-state index in [9.17, 15) is 15.0 Å². The highest BCUT2D eigenvalue weighted by molar-refractivity contribution is 9.10. The third-order valence-electron chi connectivity index (χ3n) is 5.63. The van der Waals surface area contributed by atoms with E-state index in [1.54, 1.807) is 29.7 Å². The van der Waals surface area contributed by atoms with Gasteiger partial charge in [0.05, 0.1) is 17.6 Å². The number of hydrogen-bond donors (Lipinski definition) is 5. The van der Waals surface area contributed by atoms with Crippen LogP contribution in [-0.4, -0.2) is 31.1 Å². The number of phenols is 2. The van der Waals surface area contributed by atoms with Crippen LogP contribution in [0.5, 0.6) is 11.5 Å². The van der Waals surface area contributed by atoms with Gasteiger partial charge in [-0.2, -0.15) is 0 Å². The molecule has 0 radical (unpaired) electrons. The number of halogens is 1. The summed E-state index contributed by atoms with van der Waals surface area (Å²) in [5, 5.41) is 26.0. The fourth-order valence-electron chi connectivity index (χ4n) is 3.74. The number of amides is 1. The number of nitrogen functional groups attached to an aromatic ring is 1. The van der Waals surface area contributed by atoms with Crippen molar-refractivity contribution in [3.63, 3.8) is 0 Å². The summed E-state index contributed by atoms with van der Waals surface area (Å²) < 4.78 is 0.670. The normalized spacial score (nSPS) is 10.9. The number of nitrogens with two attached hydrogens (primary N) is 1. The van der Waals surface area contributed by atoms with Crippen LogP contribution in [0.3, 0.4) is 0 Å². The van der Waals surface area contributed by atoms with Crippen molar-refractivity contribution in [2.75, 3.05) is 11.1 Å². The summed E-state index contributed by atoms with van der Waals surface area (Å²) in [5.74, 6) is 0.105. The van der Waals surface area contributed by atoms with E-state index in [0.717, 1.165) is 26.2 Å². The first kappa shape index (κ1) is 24.5. The van der Waals surface area contributed by atoms with Crippen LogP contribution in [0.2, 0.25) is 0 Å². The van der Waals surface area contributed by atoms with Crippen molar-refractivity contribution >= 4 is 55.7 Å². The summed E-state index contributed by atoms with van der Waals surface area (Å²) in [6.45, 7) is 0.651. The Morgan fingerprint density at radius 1 is 0.973 bits per heavy atom. The molecule has 2 aromatic carbocycles. The van der Waals surface area contributed by atoms with Gasteiger partial charge in [0.15, 0.2) is 11.5 Å². The molecular weight excluding hydrogens is 556 g/mol. The summed E-state index contributed by atoms with van der Waals surface area (Å²) in [4.78, 5) is 27.8. The number of rotatable bonds is 7. The Morgan fingerprint density at radius 2 is 1.84 bits per heavy atom. The Hall–Kier alpha value is -4.22. The molecule has 0 unspecified atom stereocenters. The Morgan fingerprint density at radius 3 is 2.68 bits per heavy atom. The molecule has 0 saturated heterocycles. The molecule has 0 saturated carbocycles. The van der Waals surface area contributed by atoms with Crippen LogP contribution >= 0.6 is 27.3 Å². The maximum Gasteiger partial charge on any atom is 0.255 e. The van der Waals surface area contributed by atoms with E-state index in [1.807, 2.05) is 30.3 Å². The summed E-state index contributed by atoms with van der Waals surface area (Å²) >= 11 is 5.00. The van der Waals surface area contributed by atoms with Crippen molar-refractivity contribution in [3.8, 4) is 21.9 Å². The molecule has 0 atom stereocenters. The van der Waals surface area contributed by atoms with E-state index in [2.05, 4.69) is 41.5 Å². The van der Waals surface area contributed by atoms with E-state index in [-0.39, 0.29) is 24.0 Å². The summed E-state index contributed by atoms with van der Waals surface area (Å²) in [6.07, 6.45) is 3.08. The SMILES string of the molecule is Nc1ncnc2ccc(-c3ccc(CNc4ncc(Br)cc4C(=O)NCc4ccc(O)c(O)c4)s3)cc12. The molecule has 37 heavy (non-hydrogen) atoms. The zero-order valence-corrected chi connectivity index (χ0v) is 21.7. The van der Waals surface area contributed by atoms with Gasteiger partial charge in [-0.3, -0.25) is 4.79 Å². The first-order valence-corrected chi connectivity index (χ1v) is 12.8. The number of carbonyl (C=O) groups is 1. The van der Waals surface area contributed by atoms with Crippen molar-refractivity contribution < 1.29 is 15.0 Å². The number of anilines is 2. The molecule has 0 aliphatic rings. The predicted molar refractivity (Wildman–Crippen MR) is 147 cm³/mol. The summed E-state index contributed by atoms with van der Waals surface area (Å²) in [5.41, 5.74) is 8.85. The Kier molecular flexibility index (Phi) is 6.89. The quantitative estimate of drug-likeness (QED) is 0.169. The molecule has 9 nitrogen and oxygen atoms in total. The number of thiophene rings is 1. The van der Waals surface area contributed by atoms with Gasteiger partial charge in [-0.25, -0.2) is 15.0 Å². The fourth-order valence-corrected chi connectivity index (χ4v) is 5.01. The van der Waals surface area contributed by atoms with Crippen LogP contribution in [0.4, 0.5) is 11.6 Å². The topological polar surface area (TPSA) is 146 Å². The average Bonchev–Trinajstić information content (AvgIpc) is 3.37. The van der Waals surface area contributed by atoms with Gasteiger partial charge in [0.2, 0.25) is 0 Å². The monoisotopic (exact) mass is 576 g/mol. The summed E-state index contributed by atoms with van der Waals surface area (Å²) in [7, 11) is 0. The standard InChI is InChI=1S/C26H21BrN6O3S/c27-16-9-19(26(36)31-10-14-1-5-21(34)22(35)7-14)25(29-11-16)30-12-17-3-6-23(37-17)15-2-4-20-18(8-15)24(28)33-13-32-20/h1-9,11,13,34-35H,10,12H2,(H,29,30)(H,31,36)(H2,28,32,33). The van der Waals surface area contributed by atoms with Gasteiger partial charge in [-0.05, 0) is 69.5 Å². The van der Waals surface area contributed by atoms with E-state index >= 15 is 0 Å². The minimum atomic E-state index is -0.327. The molecule has 3 aromatic heterocycles. The van der Waals surface area contributed by atoms with Crippen molar-refractivity contribution in [1.82, 2.24) is 20.3 Å². The molecule has 186 valence electrons. The smallest absolute Gasteiger partial charge is 0.255 e. The molecule has 6 N–H and O–H groups in total. The molecule has 5 aromatic rings. The van der Waals surface area contributed by atoms with Gasteiger partial charge >= 0.3 is 0 Å². The van der Waals surface area contributed by atoms with Crippen molar-refractivity contribution in [2.45, 2.75) is 13.1 Å². The van der Waals surface area contributed by atoms with Gasteiger partial charge in [0, 0.05) is 32.4 Å². The van der Waals surface area contributed by atoms with Crippen LogP contribution in [0, 0.1) is 0 Å². The van der Waals surface area contributed by atoms with Gasteiger partial charge < -0.3 is 26.6 Å². The second-order valence-electron chi connectivity index (χ2n) is 8.17. The molecule has 0 spiro atoms. The number of benzene rings is 2. The Balaban J connectivity index is 1.29. The molecule has 5 rings (SSSR count). The predicted octanol–water partition coefficient (Wildman–Crippen LogP) is 5.05. The van der Waals surface area contributed by atoms with Gasteiger partial charge in [0.25, 0.3) is 5.91 Å². The third-order valence-corrected chi connectivity index (χ3v) is 7.20. The van der Waals surface area contributed by atoms with Gasteiger partial charge in [-0.1, -0.05) is 12.1 Å². The average molecular weight is 577 g/mol. The first-order valence-electron chi connectivity index (χ1n) is 11.1. The van der Waals surface area contributed by atoms with E-state index in [4.69, 9.17) is 5.73 Å². The lowest BCUT2D eigenvalue weighted by atomic mass is 10.1. The molecule has 0 bridgehead atoms. The molecule has 0 aliphatic carbocycles. The molecule has 0 fully saturated rings. The Bertz CT molecular complexity index is 1620. The molecule has 1 amide bonds. The van der Waals surface area contributed by atoms with Crippen molar-refractivity contribution in [1.29, 1.82) is 0 Å². The molecule has 3 heterocycles. The van der Waals surface area contributed by atoms with Crippen LogP contribution in [0.15, 0.2) is 71.6 Å². The van der Waals surface area contributed by atoms with Crippen LogP contribution in [-0.2, 0) is 13.1 Å². The highest BCUT2D eigenvalue weighted by Crippen LogP contribution is 2.32. The van der Waals surface area contributed by atoms with Crippen molar-refractivity contribution in [3.05, 3.63) is 87.6 Å². The lowest BCUT2D eigenvalue weighted by Gasteiger charge is -2.12. The van der Waals surface area contributed by atoms with Crippen LogP contribution in [0.1, 0.15) is 20.8 Å². The minimum Gasteiger partial charge on any atom is -0.504 e. The number of aromatic nitrogens is 3. The molecular formula is C26H21BrN6O3S. The van der Waals surface area contributed by atoms with Crippen LogP contribution < -0.4 is 16.4 Å². The number of carbonyl (C=O) groups excluding carboxylic acids is 1. The number of aromatic hydroxyl groups is 2. The second kappa shape index (κ2) is 10.4. The second-order valence-corrected chi connectivity index (χ2v) is 10.2. The molecule has 11 heteroatoms. The largest absolute Gasteiger partial charge is 0.504 e. The van der Waals surface area contributed by atoms with Gasteiger partial charge in [-0.15, -0.1) is 11.3 Å². The molecule has 0 aliphatic heterocycles. The fraction of sp³-hybridized carbons (Fsp3) is 0.0769. The lowest BCUT2D eigenvalue weighted by molar-refractivity contribution is 0.0951. The number of fused-ring (bicyclic) bond motifs is 1. The zero-order valence-electron chi connectivity index (χ0n) is 19.3. The maximum atomic E-state index is 12.9. The van der Waals surface area contributed by atoms with Crippen molar-refractivity contribution in [2.24, 2.45) is 0 Å². The first-order chi connectivity index (χ1) is 17.9. The highest BCUT2D eigenvalue weighted by Gasteiger charge is 2.15. The van der Waals surface area contributed by atoms with Gasteiger partial charge in [0.1, 0.15) is 18.0 Å². The number of hydrogen-bond acceptors (Lipinski definition) is 9. The van der Waals surface area contributed by atoms with Crippen LogP contribution in [0.25, 0.3) is 21.3 Å². The number of pyridine rings is 1. The lowest BCUT2D eigenvalue weighted by Crippen LogP contribution is -2.24. The minimum absolute atomic E-state index is 0.175. The zero-order chi connectivity index (χ0) is 25.9. The van der Waals surface area contributed by atoms with E-state index in [0.29, 0.717) is 33.8 Å². The number of nitrogens with one attached hydrogen (secondary N) is 2.